The Morgan fingerprint density at radius 3 is 2.21 bits per heavy atom. The number of nitrogens with zero attached hydrogens (tertiary/aromatic N) is 1. The number of nitrogens with one attached hydrogen (secondary N) is 2. The number of phenolic OH excluding ortho intramolecular Hbond substituents is 4. The van der Waals surface area contributed by atoms with Crippen LogP contribution in [0.15, 0.2) is 29.6 Å². The van der Waals surface area contributed by atoms with E-state index in [1.54, 1.807) is 0 Å². The van der Waals surface area contributed by atoms with Gasteiger partial charge in [0.2, 0.25) is 17.3 Å². The number of amides is 1. The smallest absolute Gasteiger partial charge is 0.291 e. The number of phenols is 4. The summed E-state index contributed by atoms with van der Waals surface area (Å²) in [6, 6.07) is 5.19. The molecule has 0 aliphatic rings. The van der Waals surface area contributed by atoms with Crippen molar-refractivity contribution in [3.63, 3.8) is 0 Å². The fraction of sp³-hybridized carbons (Fsp3) is 0.304. The van der Waals surface area contributed by atoms with E-state index >= 15 is 0 Å². The fourth-order valence-electron chi connectivity index (χ4n) is 3.61. The van der Waals surface area contributed by atoms with Crippen LogP contribution in [0.1, 0.15) is 28.5 Å². The van der Waals surface area contributed by atoms with Gasteiger partial charge in [-0.25, -0.2) is 4.98 Å². The number of aliphatic hydroxyl groups is 4. The summed E-state index contributed by atoms with van der Waals surface area (Å²) in [6.45, 7) is 0.847. The van der Waals surface area contributed by atoms with Gasteiger partial charge in [0.1, 0.15) is 5.69 Å². The molecule has 1 atom stereocenters. The highest BCUT2D eigenvalue weighted by molar-refractivity contribution is 7.13. The third-order valence-electron chi connectivity index (χ3n) is 5.80. The molecule has 0 bridgehead atoms. The Morgan fingerprint density at radius 1 is 1.05 bits per heavy atom. The van der Waals surface area contributed by atoms with Crippen LogP contribution < -0.4 is 16.4 Å². The molecule has 0 aliphatic heterocycles. The van der Waals surface area contributed by atoms with Gasteiger partial charge in [-0.15, -0.1) is 11.3 Å². The molecule has 12 N–H and O–H groups in total. The summed E-state index contributed by atoms with van der Waals surface area (Å²) in [7, 11) is 1.29. The lowest BCUT2D eigenvalue weighted by Gasteiger charge is -2.26. The van der Waals surface area contributed by atoms with E-state index in [0.717, 1.165) is 11.3 Å². The molecule has 3 rings (SSSR count). The van der Waals surface area contributed by atoms with Crippen molar-refractivity contribution in [1.29, 1.82) is 0 Å². The monoisotopic (exact) mass is 552 g/mol. The van der Waals surface area contributed by atoms with Gasteiger partial charge in [0, 0.05) is 41.4 Å². The van der Waals surface area contributed by atoms with Crippen molar-refractivity contribution < 1.29 is 50.4 Å². The number of aromatic hydroxyl groups is 4. The Morgan fingerprint density at radius 2 is 1.66 bits per heavy atom. The zero-order valence-corrected chi connectivity index (χ0v) is 21.0. The second-order valence-electron chi connectivity index (χ2n) is 8.38. The van der Waals surface area contributed by atoms with Crippen LogP contribution >= 0.6 is 11.3 Å². The highest BCUT2D eigenvalue weighted by Gasteiger charge is 2.38. The molecule has 14 nitrogen and oxygen atoms in total. The van der Waals surface area contributed by atoms with Crippen LogP contribution in [0, 0.1) is 6.92 Å². The minimum atomic E-state index is -2.94. The number of anilines is 2. The highest BCUT2D eigenvalue weighted by Crippen LogP contribution is 2.49. The second kappa shape index (κ2) is 11.0. The summed E-state index contributed by atoms with van der Waals surface area (Å²) in [5, 5.41) is 87.3. The third kappa shape index (κ3) is 5.73. The summed E-state index contributed by atoms with van der Waals surface area (Å²) in [4.78, 5) is 16.0. The lowest BCUT2D eigenvalue weighted by Crippen LogP contribution is -2.40. The highest BCUT2D eigenvalue weighted by atomic mass is 32.1. The molecule has 1 heterocycles. The zero-order chi connectivity index (χ0) is 28.4. The molecular formula is C23H28N4O10S. The van der Waals surface area contributed by atoms with Gasteiger partial charge in [-0.1, -0.05) is 12.1 Å². The maximum Gasteiger partial charge on any atom is 0.291 e. The molecule has 38 heavy (non-hydrogen) atoms. The number of nitrogens with two attached hydrogens (primary N) is 1. The standard InChI is InChI=1S/C23H28N4O10S/c1-10-15(17(29)19(31)18(30)16(10)28)13(37-2)7-25-9-22(33,34)11-3-5-12(6-4-11)26-20(32)23(35,36)14-8-38-21(24)27-14/h3-6,8,13,25,28-31,33-36H,7,9H2,1-2H3,(H2,24,27)(H,26,32). The quantitative estimate of drug-likeness (QED) is 0.0882. The normalized spacial score (nSPS) is 12.9. The van der Waals surface area contributed by atoms with Crippen molar-refractivity contribution in [1.82, 2.24) is 10.3 Å². The van der Waals surface area contributed by atoms with E-state index in [-0.39, 0.29) is 39.7 Å². The summed E-state index contributed by atoms with van der Waals surface area (Å²) in [5.41, 5.74) is 5.29. The minimum Gasteiger partial charge on any atom is -0.504 e. The van der Waals surface area contributed by atoms with E-state index in [2.05, 4.69) is 15.6 Å². The van der Waals surface area contributed by atoms with Gasteiger partial charge in [-0.2, -0.15) is 0 Å². The van der Waals surface area contributed by atoms with Crippen LogP contribution in [0.25, 0.3) is 0 Å². The van der Waals surface area contributed by atoms with Crippen LogP contribution in [0.4, 0.5) is 10.8 Å². The van der Waals surface area contributed by atoms with Gasteiger partial charge >= 0.3 is 0 Å². The Hall–Kier alpha value is -3.70. The minimum absolute atomic E-state index is 0.0152. The topological polar surface area (TPSA) is 251 Å². The Balaban J connectivity index is 1.65. The van der Waals surface area contributed by atoms with Gasteiger partial charge < -0.3 is 62.0 Å². The number of ether oxygens (including phenoxy) is 1. The number of carbonyl (C=O) groups excluding carboxylic acids is 1. The van der Waals surface area contributed by atoms with E-state index in [1.807, 2.05) is 0 Å². The molecule has 0 aliphatic carbocycles. The second-order valence-corrected chi connectivity index (χ2v) is 9.27. The number of aromatic nitrogens is 1. The molecule has 1 unspecified atom stereocenters. The number of hydrogen-bond acceptors (Lipinski definition) is 14. The van der Waals surface area contributed by atoms with Crippen LogP contribution in [-0.4, -0.2) is 71.9 Å². The lowest BCUT2D eigenvalue weighted by atomic mass is 9.99. The molecule has 0 spiro atoms. The summed E-state index contributed by atoms with van der Waals surface area (Å²) >= 11 is 0.924. The molecule has 0 fully saturated rings. The number of rotatable bonds is 10. The maximum atomic E-state index is 12.3. The number of thiazole rings is 1. The summed E-state index contributed by atoms with van der Waals surface area (Å²) in [5.74, 6) is -9.70. The first kappa shape index (κ1) is 28.9. The van der Waals surface area contributed by atoms with Crippen molar-refractivity contribution in [2.24, 2.45) is 0 Å². The first-order chi connectivity index (χ1) is 17.7. The fourth-order valence-corrected chi connectivity index (χ4v) is 4.21. The summed E-state index contributed by atoms with van der Waals surface area (Å²) in [6.07, 6.45) is -0.967. The molecule has 15 heteroatoms. The average molecular weight is 553 g/mol. The maximum absolute atomic E-state index is 12.3. The predicted molar refractivity (Wildman–Crippen MR) is 134 cm³/mol. The van der Waals surface area contributed by atoms with Crippen molar-refractivity contribution in [3.05, 3.63) is 52.0 Å². The molecule has 2 aromatic carbocycles. The molecule has 3 aromatic rings. The van der Waals surface area contributed by atoms with Crippen molar-refractivity contribution in [3.8, 4) is 23.0 Å². The van der Waals surface area contributed by atoms with Gasteiger partial charge in [0.25, 0.3) is 11.7 Å². The largest absolute Gasteiger partial charge is 0.504 e. The van der Waals surface area contributed by atoms with E-state index in [4.69, 9.17) is 10.5 Å². The first-order valence-corrected chi connectivity index (χ1v) is 11.8. The van der Waals surface area contributed by atoms with Crippen molar-refractivity contribution >= 4 is 28.1 Å². The Bertz CT molecular complexity index is 1280. The average Bonchev–Trinajstić information content (AvgIpc) is 3.32. The molecule has 1 aromatic heterocycles. The Labute approximate surface area is 219 Å². The number of nitrogen functional groups attached to an aromatic ring is 1. The summed E-state index contributed by atoms with van der Waals surface area (Å²) < 4.78 is 5.30. The van der Waals surface area contributed by atoms with Crippen LogP contribution in [0.2, 0.25) is 0 Å². The SMILES string of the molecule is COC(CNCC(O)(O)c1ccc(NC(=O)C(O)(O)c2csc(N)n2)cc1)c1c(C)c(O)c(O)c(O)c1O. The third-order valence-corrected chi connectivity index (χ3v) is 6.47. The van der Waals surface area contributed by atoms with E-state index in [1.165, 1.54) is 43.7 Å². The van der Waals surface area contributed by atoms with Crippen LogP contribution in [0.5, 0.6) is 23.0 Å². The van der Waals surface area contributed by atoms with Gasteiger partial charge in [-0.05, 0) is 19.1 Å². The molecule has 0 saturated carbocycles. The first-order valence-electron chi connectivity index (χ1n) is 10.9. The number of benzene rings is 2. The van der Waals surface area contributed by atoms with E-state index in [9.17, 15) is 45.6 Å². The number of hydrogen-bond donors (Lipinski definition) is 11. The van der Waals surface area contributed by atoms with E-state index in [0.29, 0.717) is 0 Å². The van der Waals surface area contributed by atoms with Gasteiger partial charge in [-0.3, -0.25) is 4.79 Å². The van der Waals surface area contributed by atoms with Gasteiger partial charge in [0.15, 0.2) is 16.6 Å². The molecule has 1 amide bonds. The zero-order valence-electron chi connectivity index (χ0n) is 20.2. The number of carbonyl (C=O) groups is 1. The number of methoxy groups -OCH3 is 1. The van der Waals surface area contributed by atoms with Gasteiger partial charge in [0.05, 0.1) is 12.6 Å². The van der Waals surface area contributed by atoms with Crippen LogP contribution in [-0.2, 0) is 21.1 Å². The van der Waals surface area contributed by atoms with Crippen molar-refractivity contribution in [2.75, 3.05) is 31.2 Å². The van der Waals surface area contributed by atoms with Crippen molar-refractivity contribution in [2.45, 2.75) is 24.6 Å². The predicted octanol–water partition coefficient (Wildman–Crippen LogP) is -0.253. The molecule has 0 radical (unpaired) electrons. The lowest BCUT2D eigenvalue weighted by molar-refractivity contribution is -0.185. The molecule has 0 saturated heterocycles. The van der Waals surface area contributed by atoms with E-state index < -0.39 is 53.1 Å². The Kier molecular flexibility index (Phi) is 8.33. The van der Waals surface area contributed by atoms with Crippen LogP contribution in [0.3, 0.4) is 0 Å². The molecule has 206 valence electrons. The molecular weight excluding hydrogens is 524 g/mol.